The fraction of sp³-hybridized carbons (Fsp3) is 0.909. The maximum absolute atomic E-state index is 11.7. The van der Waals surface area contributed by atoms with E-state index in [0.29, 0.717) is 25.8 Å². The van der Waals surface area contributed by atoms with E-state index in [1.165, 1.54) is 0 Å². The molecule has 0 aliphatic carbocycles. The van der Waals surface area contributed by atoms with Crippen molar-refractivity contribution >= 4 is 15.9 Å². The number of nitrogens with zero attached hydrogens (tertiary/aromatic N) is 1. The molecule has 0 aromatic carbocycles. The van der Waals surface area contributed by atoms with Crippen molar-refractivity contribution in [3.8, 4) is 0 Å². The third-order valence-corrected chi connectivity index (χ3v) is 4.51. The molecule has 0 aromatic rings. The van der Waals surface area contributed by atoms with E-state index in [2.05, 4.69) is 4.72 Å². The van der Waals surface area contributed by atoms with Gasteiger partial charge in [-0.1, -0.05) is 19.8 Å². The summed E-state index contributed by atoms with van der Waals surface area (Å²) in [6, 6.07) is -0.121. The van der Waals surface area contributed by atoms with Gasteiger partial charge in [-0.3, -0.25) is 4.79 Å². The molecule has 1 N–H and O–H groups in total. The van der Waals surface area contributed by atoms with Gasteiger partial charge in [0.15, 0.2) is 0 Å². The van der Waals surface area contributed by atoms with E-state index in [0.717, 1.165) is 12.8 Å². The highest BCUT2D eigenvalue weighted by molar-refractivity contribution is 7.89. The highest BCUT2D eigenvalue weighted by atomic mass is 32.2. The monoisotopic (exact) mass is 262 g/mol. The van der Waals surface area contributed by atoms with Gasteiger partial charge in [-0.05, 0) is 12.8 Å². The molecule has 6 heteroatoms. The van der Waals surface area contributed by atoms with E-state index in [9.17, 15) is 13.2 Å². The molecule has 1 atom stereocenters. The molecule has 1 saturated heterocycles. The van der Waals surface area contributed by atoms with Crippen LogP contribution in [0.5, 0.6) is 0 Å². The third kappa shape index (κ3) is 5.04. The molecule has 0 radical (unpaired) electrons. The summed E-state index contributed by atoms with van der Waals surface area (Å²) in [5, 5.41) is 0. The van der Waals surface area contributed by atoms with Crippen LogP contribution in [0.25, 0.3) is 0 Å². The van der Waals surface area contributed by atoms with Crippen molar-refractivity contribution in [1.29, 1.82) is 0 Å². The molecular weight excluding hydrogens is 240 g/mol. The van der Waals surface area contributed by atoms with Crippen LogP contribution >= 0.6 is 0 Å². The van der Waals surface area contributed by atoms with Gasteiger partial charge in [-0.15, -0.1) is 0 Å². The normalized spacial score (nSPS) is 21.9. The van der Waals surface area contributed by atoms with Crippen LogP contribution < -0.4 is 4.72 Å². The Labute approximate surface area is 104 Å². The summed E-state index contributed by atoms with van der Waals surface area (Å²) in [7, 11) is -1.47. The average molecular weight is 262 g/mol. The first kappa shape index (κ1) is 14.4. The minimum absolute atomic E-state index is 0.0893. The van der Waals surface area contributed by atoms with Crippen molar-refractivity contribution in [2.75, 3.05) is 19.3 Å². The van der Waals surface area contributed by atoms with Gasteiger partial charge in [0, 0.05) is 26.1 Å². The molecule has 17 heavy (non-hydrogen) atoms. The summed E-state index contributed by atoms with van der Waals surface area (Å²) >= 11 is 0. The van der Waals surface area contributed by atoms with Gasteiger partial charge in [0.25, 0.3) is 0 Å². The highest BCUT2D eigenvalue weighted by Crippen LogP contribution is 2.11. The molecule has 0 spiro atoms. The van der Waals surface area contributed by atoms with E-state index in [4.69, 9.17) is 0 Å². The molecule has 1 amide bonds. The van der Waals surface area contributed by atoms with Crippen molar-refractivity contribution in [1.82, 2.24) is 9.62 Å². The molecule has 0 saturated carbocycles. The van der Waals surface area contributed by atoms with Crippen molar-refractivity contribution in [3.63, 3.8) is 0 Å². The Balaban J connectivity index is 2.40. The number of likely N-dealkylation sites (N-methyl/N-ethyl adjacent to an activating group) is 1. The van der Waals surface area contributed by atoms with Gasteiger partial charge in [0.05, 0.1) is 5.75 Å². The molecule has 1 aliphatic heterocycles. The first-order chi connectivity index (χ1) is 7.94. The summed E-state index contributed by atoms with van der Waals surface area (Å²) in [5.41, 5.74) is 0. The lowest BCUT2D eigenvalue weighted by Crippen LogP contribution is -2.48. The fourth-order valence-electron chi connectivity index (χ4n) is 1.96. The minimum atomic E-state index is -3.18. The number of sulfonamides is 1. The van der Waals surface area contributed by atoms with Gasteiger partial charge in [-0.25, -0.2) is 13.1 Å². The summed E-state index contributed by atoms with van der Waals surface area (Å²) in [6.07, 6.45) is 3.68. The van der Waals surface area contributed by atoms with Crippen LogP contribution in [-0.4, -0.2) is 44.6 Å². The lowest BCUT2D eigenvalue weighted by Gasteiger charge is -2.29. The molecule has 0 bridgehead atoms. The first-order valence-corrected chi connectivity index (χ1v) is 7.84. The predicted molar refractivity (Wildman–Crippen MR) is 67.1 cm³/mol. The van der Waals surface area contributed by atoms with E-state index in [1.54, 1.807) is 11.9 Å². The average Bonchev–Trinajstić information content (AvgIpc) is 2.23. The molecule has 1 heterocycles. The van der Waals surface area contributed by atoms with E-state index < -0.39 is 10.0 Å². The second-order valence-electron chi connectivity index (χ2n) is 4.65. The van der Waals surface area contributed by atoms with Gasteiger partial charge < -0.3 is 4.90 Å². The SMILES string of the molecule is CCCCCS(=O)(=O)N[C@H]1CCC(=O)N(C)C1. The maximum atomic E-state index is 11.7. The molecule has 100 valence electrons. The number of piperidine rings is 1. The fourth-order valence-corrected chi connectivity index (χ4v) is 3.37. The van der Waals surface area contributed by atoms with E-state index >= 15 is 0 Å². The zero-order chi connectivity index (χ0) is 12.9. The Morgan fingerprint density at radius 1 is 1.41 bits per heavy atom. The molecule has 0 aromatic heterocycles. The second kappa shape index (κ2) is 6.35. The molecular formula is C11H22N2O3S. The molecule has 1 fully saturated rings. The lowest BCUT2D eigenvalue weighted by atomic mass is 10.1. The van der Waals surface area contributed by atoms with Crippen LogP contribution in [0.2, 0.25) is 0 Å². The van der Waals surface area contributed by atoms with Crippen LogP contribution in [0.1, 0.15) is 39.0 Å². The largest absolute Gasteiger partial charge is 0.344 e. The third-order valence-electron chi connectivity index (χ3n) is 2.99. The van der Waals surface area contributed by atoms with Crippen LogP contribution in [0.15, 0.2) is 0 Å². The zero-order valence-corrected chi connectivity index (χ0v) is 11.4. The smallest absolute Gasteiger partial charge is 0.222 e. The Hall–Kier alpha value is -0.620. The minimum Gasteiger partial charge on any atom is -0.344 e. The lowest BCUT2D eigenvalue weighted by molar-refractivity contribution is -0.132. The Morgan fingerprint density at radius 2 is 2.12 bits per heavy atom. The highest BCUT2D eigenvalue weighted by Gasteiger charge is 2.25. The molecule has 1 rings (SSSR count). The number of carbonyl (C=O) groups excluding carboxylic acids is 1. The van der Waals surface area contributed by atoms with Gasteiger partial charge in [0.2, 0.25) is 15.9 Å². The number of amides is 1. The van der Waals surface area contributed by atoms with Crippen LogP contribution in [0.3, 0.4) is 0 Å². The number of likely N-dealkylation sites (tertiary alicyclic amines) is 1. The first-order valence-electron chi connectivity index (χ1n) is 6.18. The van der Waals surface area contributed by atoms with Crippen LogP contribution in [0.4, 0.5) is 0 Å². The Bertz CT molecular complexity index is 354. The van der Waals surface area contributed by atoms with Crippen molar-refractivity contribution in [2.24, 2.45) is 0 Å². The standard InChI is InChI=1S/C11H22N2O3S/c1-3-4-5-8-17(15,16)12-10-6-7-11(14)13(2)9-10/h10,12H,3-9H2,1-2H3/t10-/m0/s1. The molecule has 5 nitrogen and oxygen atoms in total. The number of hydrogen-bond donors (Lipinski definition) is 1. The second-order valence-corrected chi connectivity index (χ2v) is 6.53. The van der Waals surface area contributed by atoms with Crippen molar-refractivity contribution in [3.05, 3.63) is 0 Å². The summed E-state index contributed by atoms with van der Waals surface area (Å²) < 4.78 is 26.2. The number of unbranched alkanes of at least 4 members (excludes halogenated alkanes) is 2. The van der Waals surface area contributed by atoms with Crippen LogP contribution in [0, 0.1) is 0 Å². The number of carbonyl (C=O) groups is 1. The number of nitrogens with one attached hydrogen (secondary N) is 1. The Morgan fingerprint density at radius 3 is 2.71 bits per heavy atom. The Kier molecular flexibility index (Phi) is 5.39. The van der Waals surface area contributed by atoms with Crippen LogP contribution in [-0.2, 0) is 14.8 Å². The van der Waals surface area contributed by atoms with Crippen molar-refractivity contribution in [2.45, 2.75) is 45.1 Å². The summed E-state index contributed by atoms with van der Waals surface area (Å²) in [4.78, 5) is 12.9. The van der Waals surface area contributed by atoms with Crippen molar-refractivity contribution < 1.29 is 13.2 Å². The van der Waals surface area contributed by atoms with E-state index in [1.807, 2.05) is 6.92 Å². The quantitative estimate of drug-likeness (QED) is 0.717. The van der Waals surface area contributed by atoms with Gasteiger partial charge >= 0.3 is 0 Å². The molecule has 0 unspecified atom stereocenters. The van der Waals surface area contributed by atoms with Gasteiger partial charge in [-0.2, -0.15) is 0 Å². The summed E-state index contributed by atoms with van der Waals surface area (Å²) in [5.74, 6) is 0.279. The van der Waals surface area contributed by atoms with Gasteiger partial charge in [0.1, 0.15) is 0 Å². The maximum Gasteiger partial charge on any atom is 0.222 e. The molecule has 1 aliphatic rings. The number of rotatable bonds is 6. The van der Waals surface area contributed by atoms with E-state index in [-0.39, 0.29) is 17.7 Å². The summed E-state index contributed by atoms with van der Waals surface area (Å²) in [6.45, 7) is 2.52. The predicted octanol–water partition coefficient (Wildman–Crippen LogP) is 0.717. The number of hydrogen-bond acceptors (Lipinski definition) is 3. The topological polar surface area (TPSA) is 66.5 Å². The zero-order valence-electron chi connectivity index (χ0n) is 10.6.